The highest BCUT2D eigenvalue weighted by Gasteiger charge is 2.19. The van der Waals surface area contributed by atoms with Crippen LogP contribution in [-0.4, -0.2) is 38.2 Å². The number of hydrogen-bond acceptors (Lipinski definition) is 5. The van der Waals surface area contributed by atoms with E-state index in [1.807, 2.05) is 0 Å². The molecule has 0 aliphatic carbocycles. The van der Waals surface area contributed by atoms with E-state index in [9.17, 15) is 9.59 Å². The second-order valence-electron chi connectivity index (χ2n) is 12.6. The molecule has 0 rings (SSSR count). The van der Waals surface area contributed by atoms with Crippen molar-refractivity contribution in [1.29, 1.82) is 0 Å². The van der Waals surface area contributed by atoms with E-state index in [2.05, 4.69) is 38.2 Å². The van der Waals surface area contributed by atoms with Gasteiger partial charge in [-0.15, -0.1) is 0 Å². The SMILES string of the molecule is CCCCCCCC/C=C\CCCCCCCC(=O)OCCNCCOC(=O)C(CCCCCC)CCCCCCCC. The molecule has 0 heterocycles. The van der Waals surface area contributed by atoms with Gasteiger partial charge in [-0.25, -0.2) is 0 Å². The van der Waals surface area contributed by atoms with E-state index < -0.39 is 0 Å². The van der Waals surface area contributed by atoms with Gasteiger partial charge in [0.2, 0.25) is 0 Å². The van der Waals surface area contributed by atoms with Gasteiger partial charge in [0, 0.05) is 19.5 Å². The second-order valence-corrected chi connectivity index (χ2v) is 12.6. The van der Waals surface area contributed by atoms with Gasteiger partial charge < -0.3 is 14.8 Å². The molecule has 43 heavy (non-hydrogen) atoms. The number of carbonyl (C=O) groups excluding carboxylic acids is 2. The van der Waals surface area contributed by atoms with Gasteiger partial charge in [-0.3, -0.25) is 9.59 Å². The highest BCUT2D eigenvalue weighted by molar-refractivity contribution is 5.72. The first-order valence-electron chi connectivity index (χ1n) is 18.8. The predicted molar refractivity (Wildman–Crippen MR) is 184 cm³/mol. The van der Waals surface area contributed by atoms with Gasteiger partial charge in [0.05, 0.1) is 5.92 Å². The fourth-order valence-electron chi connectivity index (χ4n) is 5.48. The standard InChI is InChI=1S/C38H73NO4/c1-4-7-10-13-15-16-17-18-19-20-21-22-23-25-28-31-37(40)42-34-32-39-33-35-43-38(41)36(29-26-12-9-6-3)30-27-24-14-11-8-5-2/h18-19,36,39H,4-17,20-35H2,1-3H3/b19-18-. The largest absolute Gasteiger partial charge is 0.464 e. The average Bonchev–Trinajstić information content (AvgIpc) is 3.01. The van der Waals surface area contributed by atoms with Crippen LogP contribution in [0, 0.1) is 5.92 Å². The molecule has 1 N–H and O–H groups in total. The highest BCUT2D eigenvalue weighted by atomic mass is 16.5. The van der Waals surface area contributed by atoms with E-state index in [0.717, 1.165) is 38.5 Å². The minimum atomic E-state index is -0.105. The summed E-state index contributed by atoms with van der Waals surface area (Å²) in [5, 5.41) is 3.23. The Hall–Kier alpha value is -1.36. The Morgan fingerprint density at radius 1 is 0.535 bits per heavy atom. The maximum absolute atomic E-state index is 12.7. The first kappa shape index (κ1) is 41.6. The lowest BCUT2D eigenvalue weighted by atomic mass is 9.94. The molecule has 0 saturated heterocycles. The van der Waals surface area contributed by atoms with Crippen LogP contribution in [0.4, 0.5) is 0 Å². The van der Waals surface area contributed by atoms with Crippen molar-refractivity contribution in [3.05, 3.63) is 12.2 Å². The zero-order valence-corrected chi connectivity index (χ0v) is 29.1. The molecule has 0 saturated carbocycles. The third-order valence-electron chi connectivity index (χ3n) is 8.35. The topological polar surface area (TPSA) is 64.6 Å². The van der Waals surface area contributed by atoms with Crippen molar-refractivity contribution in [2.75, 3.05) is 26.3 Å². The van der Waals surface area contributed by atoms with E-state index in [-0.39, 0.29) is 17.9 Å². The minimum absolute atomic E-state index is 0.0294. The van der Waals surface area contributed by atoms with Gasteiger partial charge in [-0.1, -0.05) is 148 Å². The molecule has 0 aromatic carbocycles. The summed E-state index contributed by atoms with van der Waals surface area (Å²) in [6, 6.07) is 0. The maximum atomic E-state index is 12.7. The first-order valence-corrected chi connectivity index (χ1v) is 18.8. The van der Waals surface area contributed by atoms with E-state index in [4.69, 9.17) is 9.47 Å². The zero-order chi connectivity index (χ0) is 31.5. The molecule has 1 unspecified atom stereocenters. The van der Waals surface area contributed by atoms with Crippen LogP contribution in [0.25, 0.3) is 0 Å². The molecule has 1 atom stereocenters. The van der Waals surface area contributed by atoms with Crippen LogP contribution in [0.1, 0.15) is 188 Å². The molecule has 5 nitrogen and oxygen atoms in total. The highest BCUT2D eigenvalue weighted by Crippen LogP contribution is 2.20. The fraction of sp³-hybridized carbons (Fsp3) is 0.895. The lowest BCUT2D eigenvalue weighted by Crippen LogP contribution is -2.27. The van der Waals surface area contributed by atoms with Crippen LogP contribution in [0.5, 0.6) is 0 Å². The molecule has 5 heteroatoms. The number of esters is 2. The van der Waals surface area contributed by atoms with Gasteiger partial charge >= 0.3 is 11.9 Å². The van der Waals surface area contributed by atoms with Gasteiger partial charge in [-0.2, -0.15) is 0 Å². The molecule has 0 aliphatic heterocycles. The zero-order valence-electron chi connectivity index (χ0n) is 29.1. The van der Waals surface area contributed by atoms with E-state index in [0.29, 0.717) is 32.7 Å². The van der Waals surface area contributed by atoms with Crippen LogP contribution in [0.3, 0.4) is 0 Å². The van der Waals surface area contributed by atoms with E-state index in [1.165, 1.54) is 122 Å². The van der Waals surface area contributed by atoms with Crippen molar-refractivity contribution in [3.8, 4) is 0 Å². The molecule has 0 aliphatic rings. The van der Waals surface area contributed by atoms with Gasteiger partial charge in [0.15, 0.2) is 0 Å². The summed E-state index contributed by atoms with van der Waals surface area (Å²) in [7, 11) is 0. The van der Waals surface area contributed by atoms with Crippen molar-refractivity contribution >= 4 is 11.9 Å². The summed E-state index contributed by atoms with van der Waals surface area (Å²) in [5.41, 5.74) is 0. The van der Waals surface area contributed by atoms with Gasteiger partial charge in [0.25, 0.3) is 0 Å². The summed E-state index contributed by atoms with van der Waals surface area (Å²) >= 11 is 0. The van der Waals surface area contributed by atoms with Crippen molar-refractivity contribution in [3.63, 3.8) is 0 Å². The Bertz CT molecular complexity index is 621. The molecule has 0 bridgehead atoms. The van der Waals surface area contributed by atoms with Crippen molar-refractivity contribution < 1.29 is 19.1 Å². The Morgan fingerprint density at radius 2 is 0.953 bits per heavy atom. The molecule has 0 amide bonds. The number of rotatable bonds is 34. The molecule has 0 aromatic rings. The summed E-state index contributed by atoms with van der Waals surface area (Å²) in [4.78, 5) is 24.7. The lowest BCUT2D eigenvalue weighted by Gasteiger charge is -2.16. The van der Waals surface area contributed by atoms with Crippen molar-refractivity contribution in [1.82, 2.24) is 5.32 Å². The number of unbranched alkanes of at least 4 members (excludes halogenated alkanes) is 19. The maximum Gasteiger partial charge on any atom is 0.308 e. The van der Waals surface area contributed by atoms with Crippen molar-refractivity contribution in [2.24, 2.45) is 5.92 Å². The number of carbonyl (C=O) groups is 2. The van der Waals surface area contributed by atoms with Crippen LogP contribution in [-0.2, 0) is 19.1 Å². The number of ether oxygens (including phenoxy) is 2. The van der Waals surface area contributed by atoms with Gasteiger partial charge in [-0.05, 0) is 44.9 Å². The summed E-state index contributed by atoms with van der Waals surface area (Å²) in [5.74, 6) is -0.0924. The number of nitrogens with one attached hydrogen (secondary N) is 1. The quantitative estimate of drug-likeness (QED) is 0.0448. The third kappa shape index (κ3) is 31.9. The number of allylic oxidation sites excluding steroid dienone is 2. The van der Waals surface area contributed by atoms with Gasteiger partial charge in [0.1, 0.15) is 13.2 Å². The van der Waals surface area contributed by atoms with E-state index >= 15 is 0 Å². The number of hydrogen-bond donors (Lipinski definition) is 1. The fourth-order valence-corrected chi connectivity index (χ4v) is 5.48. The Kier molecular flexibility index (Phi) is 34.0. The monoisotopic (exact) mass is 608 g/mol. The third-order valence-corrected chi connectivity index (χ3v) is 8.35. The molecule has 0 radical (unpaired) electrons. The summed E-state index contributed by atoms with van der Waals surface area (Å²) in [6.45, 7) is 8.66. The van der Waals surface area contributed by atoms with Crippen LogP contribution in [0.2, 0.25) is 0 Å². The summed E-state index contributed by atoms with van der Waals surface area (Å²) < 4.78 is 11.0. The lowest BCUT2D eigenvalue weighted by molar-refractivity contribution is -0.149. The Balaban J connectivity index is 3.69. The molecular formula is C38H73NO4. The Labute approximate surface area is 268 Å². The minimum Gasteiger partial charge on any atom is -0.464 e. The molecule has 254 valence electrons. The van der Waals surface area contributed by atoms with Crippen LogP contribution >= 0.6 is 0 Å². The average molecular weight is 608 g/mol. The molecule has 0 fully saturated rings. The van der Waals surface area contributed by atoms with Crippen LogP contribution < -0.4 is 5.32 Å². The van der Waals surface area contributed by atoms with Crippen molar-refractivity contribution in [2.45, 2.75) is 188 Å². The molecule has 0 aromatic heterocycles. The second kappa shape index (κ2) is 35.1. The first-order chi connectivity index (χ1) is 21.2. The predicted octanol–water partition coefficient (Wildman–Crippen LogP) is 11.0. The Morgan fingerprint density at radius 3 is 1.49 bits per heavy atom. The van der Waals surface area contributed by atoms with Crippen LogP contribution in [0.15, 0.2) is 12.2 Å². The summed E-state index contributed by atoms with van der Waals surface area (Å²) in [6.07, 6.45) is 35.7. The molecular weight excluding hydrogens is 534 g/mol. The smallest absolute Gasteiger partial charge is 0.308 e. The normalized spacial score (nSPS) is 12.2. The van der Waals surface area contributed by atoms with E-state index in [1.54, 1.807) is 0 Å². The molecule has 0 spiro atoms.